The summed E-state index contributed by atoms with van der Waals surface area (Å²) in [7, 11) is 0. The Labute approximate surface area is 36.5 Å². The molecule has 0 aliphatic carbocycles. The van der Waals surface area contributed by atoms with Gasteiger partial charge in [-0.25, -0.2) is 0 Å². The largest absolute Gasteiger partial charge is 0.273 e. The third-order valence-electron chi connectivity index (χ3n) is 0.837. The van der Waals surface area contributed by atoms with Crippen molar-refractivity contribution in [3.63, 3.8) is 0 Å². The van der Waals surface area contributed by atoms with E-state index in [1.807, 2.05) is 0 Å². The molecular weight excluding hydrogens is 78.0 g/mol. The maximum absolute atomic E-state index is 10.1. The fraction of sp³-hybridized carbons (Fsp3) is 0.750. The molecule has 2 nitrogen and oxygen atoms in total. The molecule has 1 radical (unpaired) electrons. The molecule has 2 heteroatoms. The molecule has 0 aromatic heterocycles. The summed E-state index contributed by atoms with van der Waals surface area (Å²) >= 11 is 0. The van der Waals surface area contributed by atoms with E-state index < -0.39 is 0 Å². The fourth-order valence-electron chi connectivity index (χ4n) is 0.513. The van der Waals surface area contributed by atoms with Crippen molar-refractivity contribution in [2.45, 2.75) is 12.8 Å². The Morgan fingerprint density at radius 3 is 2.67 bits per heavy atom. The highest BCUT2D eigenvalue weighted by Crippen LogP contribution is 1.95. The van der Waals surface area contributed by atoms with Gasteiger partial charge in [0.05, 0.1) is 0 Å². The summed E-state index contributed by atoms with van der Waals surface area (Å²) in [6, 6.07) is 0. The van der Waals surface area contributed by atoms with Gasteiger partial charge >= 0.3 is 0 Å². The number of nitrogens with zero attached hydrogens (tertiary/aromatic N) is 1. The molecule has 0 N–H and O–H groups in total. The van der Waals surface area contributed by atoms with Gasteiger partial charge in [0, 0.05) is 13.0 Å². The van der Waals surface area contributed by atoms with Crippen molar-refractivity contribution < 1.29 is 4.79 Å². The van der Waals surface area contributed by atoms with Crippen LogP contribution < -0.4 is 5.32 Å². The monoisotopic (exact) mass is 84.0 g/mol. The summed E-state index contributed by atoms with van der Waals surface area (Å²) in [6.45, 7) is 0.763. The van der Waals surface area contributed by atoms with Crippen LogP contribution in [0.5, 0.6) is 0 Å². The Bertz CT molecular complexity index is 61.9. The molecule has 1 heterocycles. The van der Waals surface area contributed by atoms with Crippen LogP contribution in [0.4, 0.5) is 0 Å². The Morgan fingerprint density at radius 2 is 2.50 bits per heavy atom. The van der Waals surface area contributed by atoms with Gasteiger partial charge in [-0.2, -0.15) is 0 Å². The van der Waals surface area contributed by atoms with Crippen LogP contribution in [0.15, 0.2) is 0 Å². The number of carbonyl (C=O) groups excluding carboxylic acids is 1. The van der Waals surface area contributed by atoms with Crippen molar-refractivity contribution in [2.75, 3.05) is 6.54 Å². The standard InChI is InChI=1S/C4H6NO/c6-4-2-1-3-5-4/h1-3H2. The van der Waals surface area contributed by atoms with Crippen LogP contribution in [0, 0.1) is 0 Å². The first-order valence-corrected chi connectivity index (χ1v) is 2.10. The molecule has 1 aliphatic heterocycles. The summed E-state index contributed by atoms with van der Waals surface area (Å²) in [5, 5.41) is 3.60. The summed E-state index contributed by atoms with van der Waals surface area (Å²) in [5.74, 6) is 0.0787. The van der Waals surface area contributed by atoms with E-state index in [2.05, 4.69) is 5.32 Å². The molecule has 0 saturated carbocycles. The predicted molar refractivity (Wildman–Crippen MR) is 21.2 cm³/mol. The zero-order chi connectivity index (χ0) is 4.41. The summed E-state index contributed by atoms with van der Waals surface area (Å²) in [4.78, 5) is 10.1. The molecule has 1 saturated heterocycles. The minimum atomic E-state index is 0.0787. The Balaban J connectivity index is 2.37. The minimum Gasteiger partial charge on any atom is -0.273 e. The van der Waals surface area contributed by atoms with Crippen LogP contribution in [-0.2, 0) is 4.79 Å². The number of hydrogen-bond donors (Lipinski definition) is 0. The van der Waals surface area contributed by atoms with E-state index in [-0.39, 0.29) is 5.91 Å². The van der Waals surface area contributed by atoms with E-state index >= 15 is 0 Å². The van der Waals surface area contributed by atoms with E-state index in [9.17, 15) is 4.79 Å². The van der Waals surface area contributed by atoms with E-state index in [0.717, 1.165) is 13.0 Å². The molecule has 0 unspecified atom stereocenters. The van der Waals surface area contributed by atoms with Crippen LogP contribution in [0.1, 0.15) is 12.8 Å². The van der Waals surface area contributed by atoms with Gasteiger partial charge in [0.25, 0.3) is 0 Å². The highest BCUT2D eigenvalue weighted by molar-refractivity contribution is 5.77. The van der Waals surface area contributed by atoms with Gasteiger partial charge in [-0.1, -0.05) is 0 Å². The van der Waals surface area contributed by atoms with E-state index in [4.69, 9.17) is 0 Å². The van der Waals surface area contributed by atoms with Crippen LogP contribution in [0.25, 0.3) is 0 Å². The molecule has 1 fully saturated rings. The molecule has 1 aliphatic rings. The van der Waals surface area contributed by atoms with Gasteiger partial charge in [-0.05, 0) is 6.42 Å². The van der Waals surface area contributed by atoms with Crippen molar-refractivity contribution in [1.82, 2.24) is 5.32 Å². The first-order chi connectivity index (χ1) is 2.89. The third-order valence-corrected chi connectivity index (χ3v) is 0.837. The smallest absolute Gasteiger partial charge is 0.241 e. The van der Waals surface area contributed by atoms with Crippen molar-refractivity contribution >= 4 is 5.91 Å². The lowest BCUT2D eigenvalue weighted by atomic mass is 10.4. The number of hydrogen-bond acceptors (Lipinski definition) is 1. The molecule has 1 amide bonds. The number of carbonyl (C=O) groups is 1. The number of amides is 1. The maximum Gasteiger partial charge on any atom is 0.241 e. The van der Waals surface area contributed by atoms with E-state index in [1.165, 1.54) is 0 Å². The molecule has 0 aromatic rings. The lowest BCUT2D eigenvalue weighted by molar-refractivity contribution is -0.119. The molecule has 6 heavy (non-hydrogen) atoms. The van der Waals surface area contributed by atoms with Gasteiger partial charge in [-0.15, -0.1) is 0 Å². The molecule has 0 bridgehead atoms. The Kier molecular flexibility index (Phi) is 0.783. The molecule has 0 atom stereocenters. The van der Waals surface area contributed by atoms with Gasteiger partial charge < -0.3 is 0 Å². The van der Waals surface area contributed by atoms with Gasteiger partial charge in [0.15, 0.2) is 0 Å². The highest BCUT2D eigenvalue weighted by atomic mass is 16.1. The average Bonchev–Trinajstić information content (AvgIpc) is 1.86. The normalized spacial score (nSPS) is 21.0. The van der Waals surface area contributed by atoms with Crippen molar-refractivity contribution in [1.29, 1.82) is 0 Å². The SMILES string of the molecule is O=C1CCC[N]1. The topological polar surface area (TPSA) is 31.2 Å². The van der Waals surface area contributed by atoms with Crippen molar-refractivity contribution in [2.24, 2.45) is 0 Å². The first-order valence-electron chi connectivity index (χ1n) is 2.10. The molecule has 0 spiro atoms. The lowest BCUT2D eigenvalue weighted by Crippen LogP contribution is -2.02. The lowest BCUT2D eigenvalue weighted by Gasteiger charge is -1.74. The second kappa shape index (κ2) is 1.29. The molecule has 0 aromatic carbocycles. The zero-order valence-electron chi connectivity index (χ0n) is 3.48. The fourth-order valence-corrected chi connectivity index (χ4v) is 0.513. The number of rotatable bonds is 0. The van der Waals surface area contributed by atoms with Crippen molar-refractivity contribution in [3.05, 3.63) is 0 Å². The van der Waals surface area contributed by atoms with Gasteiger partial charge in [-0.3, -0.25) is 10.1 Å². The Morgan fingerprint density at radius 1 is 1.67 bits per heavy atom. The zero-order valence-corrected chi connectivity index (χ0v) is 3.48. The highest BCUT2D eigenvalue weighted by Gasteiger charge is 2.08. The predicted octanol–water partition coefficient (Wildman–Crippen LogP) is -0.0888. The Hall–Kier alpha value is -0.530. The van der Waals surface area contributed by atoms with E-state index in [0.29, 0.717) is 6.42 Å². The summed E-state index contributed by atoms with van der Waals surface area (Å²) in [5.41, 5.74) is 0. The van der Waals surface area contributed by atoms with E-state index in [1.54, 1.807) is 0 Å². The second-order valence-electron chi connectivity index (χ2n) is 1.38. The quantitative estimate of drug-likeness (QED) is 0.403. The minimum absolute atomic E-state index is 0.0787. The van der Waals surface area contributed by atoms with Crippen LogP contribution >= 0.6 is 0 Å². The summed E-state index contributed by atoms with van der Waals surface area (Å²) in [6.07, 6.45) is 1.65. The molecular formula is C4H6NO. The average molecular weight is 84.1 g/mol. The second-order valence-corrected chi connectivity index (χ2v) is 1.38. The van der Waals surface area contributed by atoms with Crippen LogP contribution in [0.3, 0.4) is 0 Å². The first kappa shape index (κ1) is 3.65. The summed E-state index contributed by atoms with van der Waals surface area (Å²) < 4.78 is 0. The third kappa shape index (κ3) is 0.506. The molecule has 1 rings (SSSR count). The van der Waals surface area contributed by atoms with Crippen LogP contribution in [-0.4, -0.2) is 12.5 Å². The van der Waals surface area contributed by atoms with Gasteiger partial charge in [0.1, 0.15) is 0 Å². The maximum atomic E-state index is 10.1. The van der Waals surface area contributed by atoms with Gasteiger partial charge in [0.2, 0.25) is 5.91 Å². The molecule has 33 valence electrons. The van der Waals surface area contributed by atoms with Crippen molar-refractivity contribution in [3.8, 4) is 0 Å². The van der Waals surface area contributed by atoms with Crippen LogP contribution in [0.2, 0.25) is 0 Å².